The van der Waals surface area contributed by atoms with Crippen LogP contribution in [0.3, 0.4) is 0 Å². The van der Waals surface area contributed by atoms with Gasteiger partial charge in [-0.05, 0) is 31.2 Å². The molecule has 2 aromatic carbocycles. The lowest BCUT2D eigenvalue weighted by atomic mass is 10.2. The van der Waals surface area contributed by atoms with Crippen molar-refractivity contribution in [2.75, 3.05) is 17.7 Å². The molecule has 0 aliphatic heterocycles. The van der Waals surface area contributed by atoms with E-state index in [4.69, 9.17) is 13.6 Å². The van der Waals surface area contributed by atoms with E-state index in [9.17, 15) is 4.79 Å². The van der Waals surface area contributed by atoms with E-state index >= 15 is 0 Å². The Morgan fingerprint density at radius 2 is 1.97 bits per heavy atom. The van der Waals surface area contributed by atoms with E-state index in [2.05, 4.69) is 15.5 Å². The Hall–Kier alpha value is -3.26. The largest absolute Gasteiger partial charge is 0.490 e. The van der Waals surface area contributed by atoms with Gasteiger partial charge in [0.05, 0.1) is 6.61 Å². The number of nitrogens with one attached hydrogen (secondary N) is 1. The first-order valence-corrected chi connectivity index (χ1v) is 10.2. The van der Waals surface area contributed by atoms with Crippen molar-refractivity contribution in [1.29, 1.82) is 0 Å². The van der Waals surface area contributed by atoms with E-state index in [1.165, 1.54) is 0 Å². The van der Waals surface area contributed by atoms with Crippen molar-refractivity contribution in [3.8, 4) is 17.4 Å². The summed E-state index contributed by atoms with van der Waals surface area (Å²) in [6, 6.07) is 17.4. The minimum atomic E-state index is -0.188. The van der Waals surface area contributed by atoms with Gasteiger partial charge in [-0.3, -0.25) is 10.1 Å². The first kappa shape index (κ1) is 19.1. The second-order valence-electron chi connectivity index (χ2n) is 6.09. The van der Waals surface area contributed by atoms with Crippen LogP contribution in [-0.2, 0) is 4.79 Å². The highest BCUT2D eigenvalue weighted by molar-refractivity contribution is 7.99. The Labute approximate surface area is 171 Å². The average Bonchev–Trinajstić information content (AvgIpc) is 3.36. The molecule has 2 aromatic heterocycles. The SMILES string of the molecule is CCOc1cccc2cc(-c3nnc(NC(=O)CCSc4ccccc4)o3)oc12. The van der Waals surface area contributed by atoms with Crippen LogP contribution in [-0.4, -0.2) is 28.5 Å². The first-order chi connectivity index (χ1) is 14.2. The number of hydrogen-bond donors (Lipinski definition) is 1. The van der Waals surface area contributed by atoms with Gasteiger partial charge in [0.25, 0.3) is 5.89 Å². The predicted molar refractivity (Wildman–Crippen MR) is 111 cm³/mol. The quantitative estimate of drug-likeness (QED) is 0.409. The van der Waals surface area contributed by atoms with Gasteiger partial charge in [0.15, 0.2) is 17.1 Å². The molecule has 0 aliphatic rings. The minimum Gasteiger partial charge on any atom is -0.490 e. The molecule has 29 heavy (non-hydrogen) atoms. The zero-order valence-electron chi connectivity index (χ0n) is 15.8. The summed E-state index contributed by atoms with van der Waals surface area (Å²) >= 11 is 1.61. The number of furan rings is 1. The number of fused-ring (bicyclic) bond motifs is 1. The Kier molecular flexibility index (Phi) is 5.81. The number of amides is 1. The average molecular weight is 409 g/mol. The molecule has 4 rings (SSSR count). The smallest absolute Gasteiger partial charge is 0.322 e. The molecule has 0 unspecified atom stereocenters. The van der Waals surface area contributed by atoms with E-state index in [1.54, 1.807) is 17.8 Å². The summed E-state index contributed by atoms with van der Waals surface area (Å²) in [5.41, 5.74) is 0.617. The third-order valence-electron chi connectivity index (χ3n) is 4.03. The van der Waals surface area contributed by atoms with Gasteiger partial charge in [-0.25, -0.2) is 0 Å². The summed E-state index contributed by atoms with van der Waals surface area (Å²) in [4.78, 5) is 13.2. The Morgan fingerprint density at radius 3 is 2.79 bits per heavy atom. The fourth-order valence-electron chi connectivity index (χ4n) is 2.74. The van der Waals surface area contributed by atoms with Gasteiger partial charge in [0, 0.05) is 22.5 Å². The van der Waals surface area contributed by atoms with Crippen molar-refractivity contribution in [3.05, 3.63) is 54.6 Å². The summed E-state index contributed by atoms with van der Waals surface area (Å²) in [5, 5.41) is 11.3. The first-order valence-electron chi connectivity index (χ1n) is 9.20. The van der Waals surface area contributed by atoms with Crippen molar-refractivity contribution < 1.29 is 18.4 Å². The molecule has 0 saturated heterocycles. The second kappa shape index (κ2) is 8.83. The zero-order chi connectivity index (χ0) is 20.1. The predicted octanol–water partition coefficient (Wildman–Crippen LogP) is 5.00. The summed E-state index contributed by atoms with van der Waals surface area (Å²) in [6.07, 6.45) is 0.333. The lowest BCUT2D eigenvalue weighted by molar-refractivity contribution is -0.115. The van der Waals surface area contributed by atoms with Gasteiger partial charge in [-0.15, -0.1) is 16.9 Å². The number of thioether (sulfide) groups is 1. The van der Waals surface area contributed by atoms with Crippen molar-refractivity contribution >= 4 is 34.7 Å². The fraction of sp³-hybridized carbons (Fsp3) is 0.190. The summed E-state index contributed by atoms with van der Waals surface area (Å²) < 4.78 is 16.9. The number of carbonyl (C=O) groups excluding carboxylic acids is 1. The van der Waals surface area contributed by atoms with Crippen molar-refractivity contribution in [1.82, 2.24) is 10.2 Å². The van der Waals surface area contributed by atoms with Crippen molar-refractivity contribution in [3.63, 3.8) is 0 Å². The van der Waals surface area contributed by atoms with E-state index in [-0.39, 0.29) is 17.8 Å². The molecule has 0 atom stereocenters. The van der Waals surface area contributed by atoms with Gasteiger partial charge in [-0.2, -0.15) is 0 Å². The molecule has 1 N–H and O–H groups in total. The third-order valence-corrected chi connectivity index (χ3v) is 5.04. The van der Waals surface area contributed by atoms with Crippen LogP contribution in [0.5, 0.6) is 5.75 Å². The highest BCUT2D eigenvalue weighted by Crippen LogP contribution is 2.33. The monoisotopic (exact) mass is 409 g/mol. The molecule has 0 aliphatic carbocycles. The number of hydrogen-bond acceptors (Lipinski definition) is 7. The molecule has 8 heteroatoms. The molecular weight excluding hydrogens is 390 g/mol. The third kappa shape index (κ3) is 4.60. The summed E-state index contributed by atoms with van der Waals surface area (Å²) in [6.45, 7) is 2.45. The van der Waals surface area contributed by atoms with Crippen LogP contribution in [0.4, 0.5) is 6.01 Å². The summed E-state index contributed by atoms with van der Waals surface area (Å²) in [5.74, 6) is 1.73. The van der Waals surface area contributed by atoms with Crippen LogP contribution in [0.25, 0.3) is 22.6 Å². The molecule has 0 spiro atoms. The van der Waals surface area contributed by atoms with Crippen molar-refractivity contribution in [2.24, 2.45) is 0 Å². The van der Waals surface area contributed by atoms with Gasteiger partial charge in [0.1, 0.15) is 0 Å². The number of aromatic nitrogens is 2. The highest BCUT2D eigenvalue weighted by atomic mass is 32.2. The van der Waals surface area contributed by atoms with Gasteiger partial charge < -0.3 is 13.6 Å². The number of rotatable bonds is 8. The number of anilines is 1. The molecule has 148 valence electrons. The van der Waals surface area contributed by atoms with Crippen LogP contribution in [0.1, 0.15) is 13.3 Å². The lowest BCUT2D eigenvalue weighted by Gasteiger charge is -2.02. The van der Waals surface area contributed by atoms with Crippen LogP contribution >= 0.6 is 11.8 Å². The molecule has 2 heterocycles. The minimum absolute atomic E-state index is 0.0419. The molecular formula is C21H19N3O4S. The van der Waals surface area contributed by atoms with Crippen LogP contribution in [0, 0.1) is 0 Å². The Bertz CT molecular complexity index is 1110. The van der Waals surface area contributed by atoms with Gasteiger partial charge in [0.2, 0.25) is 5.91 Å². The maximum absolute atomic E-state index is 12.1. The Balaban J connectivity index is 1.38. The molecule has 0 fully saturated rings. The van der Waals surface area contributed by atoms with Gasteiger partial charge >= 0.3 is 6.01 Å². The van der Waals surface area contributed by atoms with Crippen molar-refractivity contribution in [2.45, 2.75) is 18.2 Å². The normalized spacial score (nSPS) is 10.9. The maximum Gasteiger partial charge on any atom is 0.322 e. The van der Waals surface area contributed by atoms with E-state index in [0.29, 0.717) is 35.9 Å². The maximum atomic E-state index is 12.1. The van der Waals surface area contributed by atoms with Gasteiger partial charge in [-0.1, -0.05) is 35.4 Å². The summed E-state index contributed by atoms with van der Waals surface area (Å²) in [7, 11) is 0. The fourth-order valence-corrected chi connectivity index (χ4v) is 3.62. The number of carbonyl (C=O) groups is 1. The number of benzene rings is 2. The molecule has 4 aromatic rings. The van der Waals surface area contributed by atoms with Crippen LogP contribution in [0.2, 0.25) is 0 Å². The topological polar surface area (TPSA) is 90.4 Å². The second-order valence-corrected chi connectivity index (χ2v) is 7.26. The molecule has 1 amide bonds. The lowest BCUT2D eigenvalue weighted by Crippen LogP contribution is -2.12. The van der Waals surface area contributed by atoms with Crippen LogP contribution < -0.4 is 10.1 Å². The number of para-hydroxylation sites is 1. The van der Waals surface area contributed by atoms with Crippen LogP contribution in [0.15, 0.2) is 68.3 Å². The number of ether oxygens (including phenoxy) is 1. The standard InChI is InChI=1S/C21H19N3O4S/c1-2-26-16-10-6-7-14-13-17(27-19(14)16)20-23-24-21(28-20)22-18(25)11-12-29-15-8-4-3-5-9-15/h3-10,13H,2,11-12H2,1H3,(H,22,24,25). The highest BCUT2D eigenvalue weighted by Gasteiger charge is 2.17. The van der Waals surface area contributed by atoms with E-state index in [1.807, 2.05) is 55.5 Å². The number of nitrogens with zero attached hydrogens (tertiary/aromatic N) is 2. The van der Waals surface area contributed by atoms with E-state index < -0.39 is 0 Å². The molecule has 0 radical (unpaired) electrons. The molecule has 0 saturated carbocycles. The molecule has 0 bridgehead atoms. The molecule has 7 nitrogen and oxygen atoms in total. The van der Waals surface area contributed by atoms with E-state index in [0.717, 1.165) is 10.3 Å². The zero-order valence-corrected chi connectivity index (χ0v) is 16.6. The Morgan fingerprint density at radius 1 is 1.10 bits per heavy atom.